The standard InChI is InChI=1S/C43H27N5/c1-2-11-28(12-3-1)42-34-16-4-7-17-37(34)45-43(46-42)48-39-19-9-6-15-33(39)36-26-30(21-23-41(36)48)29-20-22-40-35(25-29)32-14-5-8-18-38(32)47(40)31-13-10-24-44-27-31/h1-27H. The maximum atomic E-state index is 5.23. The molecule has 48 heavy (non-hydrogen) atoms. The number of para-hydroxylation sites is 3. The minimum atomic E-state index is 0.663. The minimum Gasteiger partial charge on any atom is -0.308 e. The molecule has 0 amide bonds. The molecule has 5 heteroatoms. The number of benzene rings is 6. The van der Waals surface area contributed by atoms with Crippen molar-refractivity contribution in [1.29, 1.82) is 0 Å². The van der Waals surface area contributed by atoms with Gasteiger partial charge in [-0.15, -0.1) is 0 Å². The lowest BCUT2D eigenvalue weighted by Crippen LogP contribution is -2.03. The van der Waals surface area contributed by atoms with Gasteiger partial charge in [0.15, 0.2) is 0 Å². The van der Waals surface area contributed by atoms with Crippen LogP contribution in [0.2, 0.25) is 0 Å². The van der Waals surface area contributed by atoms with Crippen molar-refractivity contribution in [2.45, 2.75) is 0 Å². The van der Waals surface area contributed by atoms with Crippen LogP contribution in [0.25, 0.3) is 88.5 Å². The van der Waals surface area contributed by atoms with E-state index in [0.29, 0.717) is 5.95 Å². The first-order valence-electron chi connectivity index (χ1n) is 16.1. The van der Waals surface area contributed by atoms with Crippen LogP contribution in [0.3, 0.4) is 0 Å². The Labute approximate surface area is 276 Å². The molecular weight excluding hydrogens is 587 g/mol. The quantitative estimate of drug-likeness (QED) is 0.198. The molecule has 4 aromatic heterocycles. The van der Waals surface area contributed by atoms with Gasteiger partial charge in [-0.3, -0.25) is 9.55 Å². The van der Waals surface area contributed by atoms with Crippen molar-refractivity contribution < 1.29 is 0 Å². The third kappa shape index (κ3) is 4.01. The maximum Gasteiger partial charge on any atom is 0.235 e. The summed E-state index contributed by atoms with van der Waals surface area (Å²) in [7, 11) is 0. The average Bonchev–Trinajstić information content (AvgIpc) is 3.67. The lowest BCUT2D eigenvalue weighted by molar-refractivity contribution is 1.01. The first-order chi connectivity index (χ1) is 23.8. The van der Waals surface area contributed by atoms with Crippen LogP contribution in [-0.4, -0.2) is 24.1 Å². The number of pyridine rings is 1. The van der Waals surface area contributed by atoms with Gasteiger partial charge in [0.05, 0.1) is 45.2 Å². The maximum absolute atomic E-state index is 5.23. The monoisotopic (exact) mass is 613 g/mol. The molecule has 0 aliphatic rings. The second kappa shape index (κ2) is 10.5. The topological polar surface area (TPSA) is 48.5 Å². The molecule has 0 fully saturated rings. The molecule has 0 spiro atoms. The third-order valence-electron chi connectivity index (χ3n) is 9.42. The molecule has 0 saturated carbocycles. The van der Waals surface area contributed by atoms with Gasteiger partial charge in [-0.25, -0.2) is 9.97 Å². The van der Waals surface area contributed by atoms with Crippen LogP contribution in [0.1, 0.15) is 0 Å². The lowest BCUT2D eigenvalue weighted by atomic mass is 10.0. The minimum absolute atomic E-state index is 0.663. The Bertz CT molecular complexity index is 2830. The molecule has 4 heterocycles. The van der Waals surface area contributed by atoms with Gasteiger partial charge in [-0.05, 0) is 65.7 Å². The number of hydrogen-bond acceptors (Lipinski definition) is 3. The Balaban J connectivity index is 1.18. The van der Waals surface area contributed by atoms with Gasteiger partial charge in [0.2, 0.25) is 5.95 Å². The van der Waals surface area contributed by atoms with Crippen molar-refractivity contribution >= 4 is 54.5 Å². The van der Waals surface area contributed by atoms with E-state index in [2.05, 4.69) is 142 Å². The van der Waals surface area contributed by atoms with E-state index in [1.54, 1.807) is 0 Å². The second-order valence-electron chi connectivity index (χ2n) is 12.1. The van der Waals surface area contributed by atoms with Gasteiger partial charge in [-0.1, -0.05) is 97.1 Å². The van der Waals surface area contributed by atoms with Gasteiger partial charge in [-0.2, -0.15) is 0 Å². The molecule has 0 saturated heterocycles. The number of aromatic nitrogens is 5. The van der Waals surface area contributed by atoms with Crippen LogP contribution in [0, 0.1) is 0 Å². The fourth-order valence-electron chi connectivity index (χ4n) is 7.27. The summed E-state index contributed by atoms with van der Waals surface area (Å²) < 4.78 is 4.50. The Hall–Kier alpha value is -6.59. The van der Waals surface area contributed by atoms with E-state index in [1.807, 2.05) is 36.7 Å². The van der Waals surface area contributed by atoms with Crippen molar-refractivity contribution in [3.8, 4) is 34.0 Å². The van der Waals surface area contributed by atoms with E-state index in [-0.39, 0.29) is 0 Å². The van der Waals surface area contributed by atoms with E-state index in [9.17, 15) is 0 Å². The van der Waals surface area contributed by atoms with Crippen LogP contribution in [-0.2, 0) is 0 Å². The zero-order chi connectivity index (χ0) is 31.6. The molecule has 0 unspecified atom stereocenters. The largest absolute Gasteiger partial charge is 0.308 e. The second-order valence-corrected chi connectivity index (χ2v) is 12.1. The van der Waals surface area contributed by atoms with E-state index in [1.165, 1.54) is 32.6 Å². The summed E-state index contributed by atoms with van der Waals surface area (Å²) in [6.07, 6.45) is 3.74. The van der Waals surface area contributed by atoms with Gasteiger partial charge in [0.25, 0.3) is 0 Å². The fourth-order valence-corrected chi connectivity index (χ4v) is 7.27. The number of rotatable bonds is 4. The summed E-state index contributed by atoms with van der Waals surface area (Å²) in [5, 5.41) is 5.81. The predicted octanol–water partition coefficient (Wildman–Crippen LogP) is 10.6. The summed E-state index contributed by atoms with van der Waals surface area (Å²) in [5.41, 5.74) is 10.8. The summed E-state index contributed by atoms with van der Waals surface area (Å²) in [5.74, 6) is 0.663. The molecular formula is C43H27N5. The molecule has 10 rings (SSSR count). The highest BCUT2D eigenvalue weighted by atomic mass is 15.2. The van der Waals surface area contributed by atoms with Gasteiger partial charge in [0.1, 0.15) is 0 Å². The highest BCUT2D eigenvalue weighted by Crippen LogP contribution is 2.38. The predicted molar refractivity (Wildman–Crippen MR) is 197 cm³/mol. The summed E-state index contributed by atoms with van der Waals surface area (Å²) in [4.78, 5) is 14.8. The van der Waals surface area contributed by atoms with E-state index < -0.39 is 0 Å². The van der Waals surface area contributed by atoms with Crippen molar-refractivity contribution in [3.05, 3.63) is 164 Å². The SMILES string of the molecule is c1ccc(-c2nc(-n3c4ccccc4c4cc(-c5ccc6c(c5)c5ccccc5n6-c5cccnc5)ccc43)nc3ccccc23)cc1. The van der Waals surface area contributed by atoms with Gasteiger partial charge >= 0.3 is 0 Å². The van der Waals surface area contributed by atoms with E-state index in [4.69, 9.17) is 9.97 Å². The Kier molecular flexibility index (Phi) is 5.81. The molecule has 0 aliphatic heterocycles. The van der Waals surface area contributed by atoms with Crippen molar-refractivity contribution in [2.75, 3.05) is 0 Å². The normalized spacial score (nSPS) is 11.8. The van der Waals surface area contributed by atoms with Crippen molar-refractivity contribution in [2.24, 2.45) is 0 Å². The fraction of sp³-hybridized carbons (Fsp3) is 0. The third-order valence-corrected chi connectivity index (χ3v) is 9.42. The van der Waals surface area contributed by atoms with Gasteiger partial charge < -0.3 is 4.57 Å². The first kappa shape index (κ1) is 26.6. The van der Waals surface area contributed by atoms with Crippen molar-refractivity contribution in [1.82, 2.24) is 24.1 Å². The molecule has 0 radical (unpaired) electrons. The molecule has 0 atom stereocenters. The van der Waals surface area contributed by atoms with E-state index in [0.717, 1.165) is 50.0 Å². The highest BCUT2D eigenvalue weighted by Gasteiger charge is 2.18. The zero-order valence-electron chi connectivity index (χ0n) is 25.8. The van der Waals surface area contributed by atoms with Crippen LogP contribution in [0.15, 0.2) is 164 Å². The van der Waals surface area contributed by atoms with Crippen LogP contribution in [0.5, 0.6) is 0 Å². The summed E-state index contributed by atoms with van der Waals surface area (Å²) in [6, 6.07) is 53.4. The Morgan fingerprint density at radius 1 is 0.396 bits per heavy atom. The average molecular weight is 614 g/mol. The summed E-state index contributed by atoms with van der Waals surface area (Å²) >= 11 is 0. The molecule has 0 bridgehead atoms. The lowest BCUT2D eigenvalue weighted by Gasteiger charge is -2.12. The molecule has 224 valence electrons. The van der Waals surface area contributed by atoms with Gasteiger partial charge in [0, 0.05) is 38.7 Å². The Morgan fingerprint density at radius 2 is 0.979 bits per heavy atom. The van der Waals surface area contributed by atoms with Crippen LogP contribution in [0.4, 0.5) is 0 Å². The first-order valence-corrected chi connectivity index (χ1v) is 16.1. The molecule has 0 aliphatic carbocycles. The molecule has 0 N–H and O–H groups in total. The number of hydrogen-bond donors (Lipinski definition) is 0. The molecule has 10 aromatic rings. The van der Waals surface area contributed by atoms with Crippen molar-refractivity contribution in [3.63, 3.8) is 0 Å². The molecule has 5 nitrogen and oxygen atoms in total. The number of fused-ring (bicyclic) bond motifs is 7. The molecule has 6 aromatic carbocycles. The van der Waals surface area contributed by atoms with Crippen LogP contribution >= 0.6 is 0 Å². The van der Waals surface area contributed by atoms with E-state index >= 15 is 0 Å². The summed E-state index contributed by atoms with van der Waals surface area (Å²) in [6.45, 7) is 0. The zero-order valence-corrected chi connectivity index (χ0v) is 25.8. The Morgan fingerprint density at radius 3 is 1.67 bits per heavy atom. The van der Waals surface area contributed by atoms with Crippen LogP contribution < -0.4 is 0 Å². The number of nitrogens with zero attached hydrogens (tertiary/aromatic N) is 5. The smallest absolute Gasteiger partial charge is 0.235 e. The highest BCUT2D eigenvalue weighted by molar-refractivity contribution is 6.12.